The molecule has 0 bridgehead atoms. The van der Waals surface area contributed by atoms with Gasteiger partial charge in [0.25, 0.3) is 0 Å². The SMILES string of the molecule is CC1(C)C(=O)NCCN1Cc1ccc(C(=O)O)c(Cl)c1. The zero-order valence-electron chi connectivity index (χ0n) is 11.4. The van der Waals surface area contributed by atoms with Crippen molar-refractivity contribution < 1.29 is 14.7 Å². The van der Waals surface area contributed by atoms with Gasteiger partial charge >= 0.3 is 5.97 Å². The number of aromatic carboxylic acids is 1. The number of nitrogens with zero attached hydrogens (tertiary/aromatic N) is 1. The highest BCUT2D eigenvalue weighted by Gasteiger charge is 2.37. The van der Waals surface area contributed by atoms with Crippen molar-refractivity contribution in [1.29, 1.82) is 0 Å². The van der Waals surface area contributed by atoms with Crippen LogP contribution in [-0.2, 0) is 11.3 Å². The molecule has 0 radical (unpaired) electrons. The number of carboxylic acid groups (broad SMARTS) is 1. The lowest BCUT2D eigenvalue weighted by Crippen LogP contribution is -2.61. The molecule has 0 saturated carbocycles. The topological polar surface area (TPSA) is 69.6 Å². The number of halogens is 1. The summed E-state index contributed by atoms with van der Waals surface area (Å²) in [6.07, 6.45) is 0. The van der Waals surface area contributed by atoms with Crippen LogP contribution >= 0.6 is 11.6 Å². The Labute approximate surface area is 122 Å². The van der Waals surface area contributed by atoms with Crippen LogP contribution in [0.25, 0.3) is 0 Å². The molecule has 1 saturated heterocycles. The van der Waals surface area contributed by atoms with Crippen LogP contribution in [0.1, 0.15) is 29.8 Å². The van der Waals surface area contributed by atoms with Crippen LogP contribution in [0.4, 0.5) is 0 Å². The highest BCUT2D eigenvalue weighted by molar-refractivity contribution is 6.33. The van der Waals surface area contributed by atoms with Crippen molar-refractivity contribution in [2.75, 3.05) is 13.1 Å². The van der Waals surface area contributed by atoms with Crippen molar-refractivity contribution in [3.8, 4) is 0 Å². The summed E-state index contributed by atoms with van der Waals surface area (Å²) in [7, 11) is 0. The third kappa shape index (κ3) is 2.78. The highest BCUT2D eigenvalue weighted by Crippen LogP contribution is 2.23. The molecule has 0 atom stereocenters. The molecule has 1 fully saturated rings. The Morgan fingerprint density at radius 1 is 1.50 bits per heavy atom. The maximum absolute atomic E-state index is 11.9. The summed E-state index contributed by atoms with van der Waals surface area (Å²) in [6, 6.07) is 4.88. The number of piperazine rings is 1. The Morgan fingerprint density at radius 3 is 2.80 bits per heavy atom. The molecule has 1 aromatic rings. The second-order valence-corrected chi connectivity index (χ2v) is 5.76. The van der Waals surface area contributed by atoms with E-state index in [-0.39, 0.29) is 16.5 Å². The minimum absolute atomic E-state index is 0.00277. The van der Waals surface area contributed by atoms with E-state index in [0.717, 1.165) is 12.1 Å². The monoisotopic (exact) mass is 296 g/mol. The lowest BCUT2D eigenvalue weighted by Gasteiger charge is -2.41. The Kier molecular flexibility index (Phi) is 4.01. The minimum Gasteiger partial charge on any atom is -0.478 e. The van der Waals surface area contributed by atoms with E-state index in [4.69, 9.17) is 16.7 Å². The highest BCUT2D eigenvalue weighted by atomic mass is 35.5. The lowest BCUT2D eigenvalue weighted by molar-refractivity contribution is -0.135. The number of rotatable bonds is 3. The average Bonchev–Trinajstić information content (AvgIpc) is 2.35. The van der Waals surface area contributed by atoms with E-state index in [1.54, 1.807) is 12.1 Å². The first-order chi connectivity index (χ1) is 9.32. The number of benzene rings is 1. The first-order valence-electron chi connectivity index (χ1n) is 6.37. The average molecular weight is 297 g/mol. The zero-order chi connectivity index (χ0) is 14.9. The minimum atomic E-state index is -1.04. The predicted molar refractivity (Wildman–Crippen MR) is 75.9 cm³/mol. The van der Waals surface area contributed by atoms with Crippen LogP contribution in [0.3, 0.4) is 0 Å². The smallest absolute Gasteiger partial charge is 0.337 e. The Balaban J connectivity index is 2.20. The molecular weight excluding hydrogens is 280 g/mol. The van der Waals surface area contributed by atoms with Gasteiger partial charge in [-0.1, -0.05) is 17.7 Å². The van der Waals surface area contributed by atoms with Crippen molar-refractivity contribution in [3.05, 3.63) is 34.3 Å². The van der Waals surface area contributed by atoms with Crippen molar-refractivity contribution in [1.82, 2.24) is 10.2 Å². The van der Waals surface area contributed by atoms with E-state index in [1.165, 1.54) is 6.07 Å². The van der Waals surface area contributed by atoms with Crippen molar-refractivity contribution >= 4 is 23.5 Å². The summed E-state index contributed by atoms with van der Waals surface area (Å²) in [5, 5.41) is 12.0. The Hall–Kier alpha value is -1.59. The number of amides is 1. The molecule has 1 aliphatic heterocycles. The third-order valence-corrected chi connectivity index (χ3v) is 3.96. The van der Waals surface area contributed by atoms with E-state index in [2.05, 4.69) is 10.2 Å². The van der Waals surface area contributed by atoms with Gasteiger partial charge in [0.2, 0.25) is 5.91 Å². The molecule has 1 amide bonds. The molecule has 5 nitrogen and oxygen atoms in total. The number of carbonyl (C=O) groups excluding carboxylic acids is 1. The largest absolute Gasteiger partial charge is 0.478 e. The van der Waals surface area contributed by atoms with Gasteiger partial charge in [0.05, 0.1) is 16.1 Å². The van der Waals surface area contributed by atoms with Gasteiger partial charge in [-0.25, -0.2) is 4.79 Å². The molecule has 0 aliphatic carbocycles. The molecule has 1 heterocycles. The molecule has 0 unspecified atom stereocenters. The quantitative estimate of drug-likeness (QED) is 0.891. The summed E-state index contributed by atoms with van der Waals surface area (Å²) in [6.45, 7) is 5.66. The number of hydrogen-bond donors (Lipinski definition) is 2. The van der Waals surface area contributed by atoms with Crippen LogP contribution in [0.5, 0.6) is 0 Å². The van der Waals surface area contributed by atoms with Gasteiger partial charge in [-0.15, -0.1) is 0 Å². The molecule has 20 heavy (non-hydrogen) atoms. The Morgan fingerprint density at radius 2 is 2.20 bits per heavy atom. The lowest BCUT2D eigenvalue weighted by atomic mass is 9.98. The summed E-state index contributed by atoms with van der Waals surface area (Å²) in [5.41, 5.74) is 0.393. The van der Waals surface area contributed by atoms with E-state index < -0.39 is 11.5 Å². The van der Waals surface area contributed by atoms with Gasteiger partial charge in [-0.2, -0.15) is 0 Å². The molecule has 108 valence electrons. The number of nitrogens with one attached hydrogen (secondary N) is 1. The molecule has 0 spiro atoms. The van der Waals surface area contributed by atoms with E-state index in [9.17, 15) is 9.59 Å². The van der Waals surface area contributed by atoms with Gasteiger partial charge in [0.1, 0.15) is 0 Å². The van der Waals surface area contributed by atoms with E-state index in [1.807, 2.05) is 13.8 Å². The molecule has 2 rings (SSSR count). The summed E-state index contributed by atoms with van der Waals surface area (Å²) in [4.78, 5) is 24.8. The van der Waals surface area contributed by atoms with Gasteiger partial charge in [0.15, 0.2) is 0 Å². The number of hydrogen-bond acceptors (Lipinski definition) is 3. The van der Waals surface area contributed by atoms with Gasteiger partial charge in [0, 0.05) is 19.6 Å². The molecule has 2 N–H and O–H groups in total. The fourth-order valence-corrected chi connectivity index (χ4v) is 2.56. The van der Waals surface area contributed by atoms with Gasteiger partial charge in [-0.05, 0) is 31.5 Å². The first kappa shape index (κ1) is 14.8. The Bertz CT molecular complexity index is 557. The van der Waals surface area contributed by atoms with Gasteiger partial charge in [-0.3, -0.25) is 9.69 Å². The first-order valence-corrected chi connectivity index (χ1v) is 6.75. The second-order valence-electron chi connectivity index (χ2n) is 5.36. The van der Waals surface area contributed by atoms with Crippen LogP contribution in [0, 0.1) is 0 Å². The second kappa shape index (κ2) is 5.42. The molecule has 1 aliphatic rings. The van der Waals surface area contributed by atoms with E-state index in [0.29, 0.717) is 13.1 Å². The molecular formula is C14H17ClN2O3. The summed E-state index contributed by atoms with van der Waals surface area (Å²) in [5.74, 6) is -1.05. The fraction of sp³-hybridized carbons (Fsp3) is 0.429. The number of carboxylic acids is 1. The molecule has 0 aromatic heterocycles. The summed E-state index contributed by atoms with van der Waals surface area (Å²) < 4.78 is 0. The van der Waals surface area contributed by atoms with Crippen molar-refractivity contribution in [2.45, 2.75) is 25.9 Å². The maximum Gasteiger partial charge on any atom is 0.337 e. The molecule has 1 aromatic carbocycles. The predicted octanol–water partition coefficient (Wildman–Crippen LogP) is 1.75. The maximum atomic E-state index is 11.9. The van der Waals surface area contributed by atoms with Crippen LogP contribution in [-0.4, -0.2) is 40.5 Å². The van der Waals surface area contributed by atoms with E-state index >= 15 is 0 Å². The number of carbonyl (C=O) groups is 2. The van der Waals surface area contributed by atoms with Crippen molar-refractivity contribution in [3.63, 3.8) is 0 Å². The standard InChI is InChI=1S/C14H17ClN2O3/c1-14(2)13(20)16-5-6-17(14)8-9-3-4-10(12(18)19)11(15)7-9/h3-4,7H,5-6,8H2,1-2H3,(H,16,20)(H,18,19). The van der Waals surface area contributed by atoms with Gasteiger partial charge < -0.3 is 10.4 Å². The van der Waals surface area contributed by atoms with Crippen LogP contribution in [0.15, 0.2) is 18.2 Å². The zero-order valence-corrected chi connectivity index (χ0v) is 12.2. The molecule has 6 heteroatoms. The van der Waals surface area contributed by atoms with Crippen LogP contribution < -0.4 is 5.32 Å². The van der Waals surface area contributed by atoms with Crippen LogP contribution in [0.2, 0.25) is 5.02 Å². The normalized spacial score (nSPS) is 18.6. The van der Waals surface area contributed by atoms with Crippen molar-refractivity contribution in [2.24, 2.45) is 0 Å². The summed E-state index contributed by atoms with van der Waals surface area (Å²) >= 11 is 5.96. The fourth-order valence-electron chi connectivity index (χ4n) is 2.27. The third-order valence-electron chi connectivity index (χ3n) is 3.65.